The Morgan fingerprint density at radius 3 is 2.60 bits per heavy atom. The molecule has 0 heterocycles. The van der Waals surface area contributed by atoms with Gasteiger partial charge in [0.25, 0.3) is 0 Å². The highest BCUT2D eigenvalue weighted by Crippen LogP contribution is 2.31. The number of rotatable bonds is 4. The van der Waals surface area contributed by atoms with Crippen LogP contribution in [-0.4, -0.2) is 0 Å². The van der Waals surface area contributed by atoms with Gasteiger partial charge in [-0.2, -0.15) is 0 Å². The van der Waals surface area contributed by atoms with E-state index in [4.69, 9.17) is 39.5 Å². The van der Waals surface area contributed by atoms with Gasteiger partial charge in [-0.3, -0.25) is 0 Å². The second-order valence-corrected chi connectivity index (χ2v) is 6.31. The molecule has 20 heavy (non-hydrogen) atoms. The molecule has 0 fully saturated rings. The average molecular weight is 395 g/mol. The standard InChI is InChI=1S/C15H12BrCl3O/c1-9-5-12(16)6-11(7-17)15(9)20-8-10-3-2-4-13(18)14(10)19/h2-6H,7-8H2,1H3. The minimum atomic E-state index is 0.353. The number of hydrogen-bond acceptors (Lipinski definition) is 1. The molecule has 106 valence electrons. The van der Waals surface area contributed by atoms with E-state index in [1.807, 2.05) is 31.2 Å². The van der Waals surface area contributed by atoms with Crippen LogP contribution in [0, 0.1) is 6.92 Å². The molecular formula is C15H12BrCl3O. The molecule has 0 spiro atoms. The summed E-state index contributed by atoms with van der Waals surface area (Å²) in [6.07, 6.45) is 0. The molecular weight excluding hydrogens is 382 g/mol. The van der Waals surface area contributed by atoms with Gasteiger partial charge in [0.1, 0.15) is 12.4 Å². The van der Waals surface area contributed by atoms with E-state index >= 15 is 0 Å². The summed E-state index contributed by atoms with van der Waals surface area (Å²) < 4.78 is 6.87. The Bertz CT molecular complexity index is 629. The van der Waals surface area contributed by atoms with Crippen molar-refractivity contribution in [2.75, 3.05) is 0 Å². The van der Waals surface area contributed by atoms with Crippen molar-refractivity contribution in [3.8, 4) is 5.75 Å². The molecule has 0 aliphatic heterocycles. The van der Waals surface area contributed by atoms with Crippen LogP contribution in [0.3, 0.4) is 0 Å². The monoisotopic (exact) mass is 392 g/mol. The number of benzene rings is 2. The number of aryl methyl sites for hydroxylation is 1. The van der Waals surface area contributed by atoms with E-state index in [9.17, 15) is 0 Å². The summed E-state index contributed by atoms with van der Waals surface area (Å²) in [5.74, 6) is 1.18. The third kappa shape index (κ3) is 3.62. The first-order valence-corrected chi connectivity index (χ1v) is 8.02. The van der Waals surface area contributed by atoms with Gasteiger partial charge in [-0.15, -0.1) is 11.6 Å². The summed E-state index contributed by atoms with van der Waals surface area (Å²) in [7, 11) is 0. The van der Waals surface area contributed by atoms with Crippen LogP contribution < -0.4 is 4.74 Å². The molecule has 1 nitrogen and oxygen atoms in total. The fourth-order valence-corrected chi connectivity index (χ4v) is 3.11. The first-order valence-electron chi connectivity index (χ1n) is 5.93. The van der Waals surface area contributed by atoms with E-state index in [0.717, 1.165) is 26.9 Å². The highest BCUT2D eigenvalue weighted by Gasteiger charge is 2.10. The minimum Gasteiger partial charge on any atom is -0.488 e. The SMILES string of the molecule is Cc1cc(Br)cc(CCl)c1OCc1cccc(Cl)c1Cl. The van der Waals surface area contributed by atoms with Crippen molar-refractivity contribution < 1.29 is 4.74 Å². The van der Waals surface area contributed by atoms with Crippen LogP contribution in [0.4, 0.5) is 0 Å². The lowest BCUT2D eigenvalue weighted by Gasteiger charge is -2.14. The lowest BCUT2D eigenvalue weighted by Crippen LogP contribution is -2.01. The van der Waals surface area contributed by atoms with Gasteiger partial charge in [-0.05, 0) is 30.7 Å². The Kier molecular flexibility index (Phi) is 5.62. The number of halogens is 4. The lowest BCUT2D eigenvalue weighted by molar-refractivity contribution is 0.301. The Balaban J connectivity index is 2.25. The molecule has 0 saturated heterocycles. The van der Waals surface area contributed by atoms with Crippen molar-refractivity contribution in [2.24, 2.45) is 0 Å². The summed E-state index contributed by atoms with van der Waals surface area (Å²) >= 11 is 21.6. The van der Waals surface area contributed by atoms with Crippen LogP contribution in [0.5, 0.6) is 5.75 Å². The van der Waals surface area contributed by atoms with Crippen molar-refractivity contribution in [1.29, 1.82) is 0 Å². The zero-order chi connectivity index (χ0) is 14.7. The second kappa shape index (κ2) is 7.04. The molecule has 0 aromatic heterocycles. The molecule has 0 radical (unpaired) electrons. The van der Waals surface area contributed by atoms with Crippen molar-refractivity contribution >= 4 is 50.7 Å². The third-order valence-corrected chi connectivity index (χ3v) is 4.47. The minimum absolute atomic E-state index is 0.353. The zero-order valence-electron chi connectivity index (χ0n) is 10.7. The molecule has 5 heteroatoms. The van der Waals surface area contributed by atoms with Gasteiger partial charge < -0.3 is 4.74 Å². The van der Waals surface area contributed by atoms with Crippen molar-refractivity contribution in [1.82, 2.24) is 0 Å². The smallest absolute Gasteiger partial charge is 0.127 e. The van der Waals surface area contributed by atoms with Gasteiger partial charge in [0, 0.05) is 15.6 Å². The van der Waals surface area contributed by atoms with E-state index in [2.05, 4.69) is 15.9 Å². The van der Waals surface area contributed by atoms with E-state index in [-0.39, 0.29) is 0 Å². The van der Waals surface area contributed by atoms with Gasteiger partial charge in [0.2, 0.25) is 0 Å². The maximum absolute atomic E-state index is 6.15. The molecule has 0 saturated carbocycles. The normalized spacial score (nSPS) is 10.7. The van der Waals surface area contributed by atoms with Crippen LogP contribution in [0.2, 0.25) is 10.0 Å². The maximum atomic E-state index is 6.15. The van der Waals surface area contributed by atoms with Gasteiger partial charge in [-0.1, -0.05) is 51.3 Å². The summed E-state index contributed by atoms with van der Waals surface area (Å²) in [6.45, 7) is 2.33. The maximum Gasteiger partial charge on any atom is 0.127 e. The Hall–Kier alpha value is -0.410. The van der Waals surface area contributed by atoms with Crippen LogP contribution in [0.25, 0.3) is 0 Å². The summed E-state index contributed by atoms with van der Waals surface area (Å²) in [5, 5.41) is 1.05. The topological polar surface area (TPSA) is 9.23 Å². The molecule has 0 aliphatic carbocycles. The molecule has 0 atom stereocenters. The Labute approximate surface area is 141 Å². The third-order valence-electron chi connectivity index (χ3n) is 2.86. The van der Waals surface area contributed by atoms with Crippen LogP contribution in [0.15, 0.2) is 34.8 Å². The lowest BCUT2D eigenvalue weighted by atomic mass is 10.1. The molecule has 0 amide bonds. The van der Waals surface area contributed by atoms with E-state index < -0.39 is 0 Å². The summed E-state index contributed by atoms with van der Waals surface area (Å²) in [4.78, 5) is 0. The van der Waals surface area contributed by atoms with Gasteiger partial charge in [-0.25, -0.2) is 0 Å². The highest BCUT2D eigenvalue weighted by atomic mass is 79.9. The van der Waals surface area contributed by atoms with Crippen molar-refractivity contribution in [3.63, 3.8) is 0 Å². The van der Waals surface area contributed by atoms with E-state index in [0.29, 0.717) is 22.5 Å². The van der Waals surface area contributed by atoms with Crippen LogP contribution >= 0.6 is 50.7 Å². The van der Waals surface area contributed by atoms with Gasteiger partial charge in [0.15, 0.2) is 0 Å². The Morgan fingerprint density at radius 2 is 1.90 bits per heavy atom. The van der Waals surface area contributed by atoms with Crippen molar-refractivity contribution in [2.45, 2.75) is 19.4 Å². The molecule has 0 aliphatic rings. The quantitative estimate of drug-likeness (QED) is 0.547. The molecule has 2 aromatic rings. The van der Waals surface area contributed by atoms with Crippen LogP contribution in [0.1, 0.15) is 16.7 Å². The van der Waals surface area contributed by atoms with Gasteiger partial charge in [0.05, 0.1) is 15.9 Å². The fourth-order valence-electron chi connectivity index (χ4n) is 1.91. The highest BCUT2D eigenvalue weighted by molar-refractivity contribution is 9.10. The predicted octanol–water partition coefficient (Wildman–Crippen LogP) is 6.38. The fraction of sp³-hybridized carbons (Fsp3) is 0.200. The largest absolute Gasteiger partial charge is 0.488 e. The predicted molar refractivity (Wildman–Crippen MR) is 89.2 cm³/mol. The molecule has 0 bridgehead atoms. The van der Waals surface area contributed by atoms with Crippen LogP contribution in [-0.2, 0) is 12.5 Å². The zero-order valence-corrected chi connectivity index (χ0v) is 14.6. The van der Waals surface area contributed by atoms with Gasteiger partial charge >= 0.3 is 0 Å². The first-order chi connectivity index (χ1) is 9.52. The number of ether oxygens (including phenoxy) is 1. The first kappa shape index (κ1) is 16.0. The second-order valence-electron chi connectivity index (χ2n) is 4.35. The molecule has 2 rings (SSSR count). The Morgan fingerprint density at radius 1 is 1.15 bits per heavy atom. The average Bonchev–Trinajstić information content (AvgIpc) is 2.41. The number of hydrogen-bond donors (Lipinski definition) is 0. The van der Waals surface area contributed by atoms with E-state index in [1.165, 1.54) is 0 Å². The van der Waals surface area contributed by atoms with E-state index in [1.54, 1.807) is 6.07 Å². The summed E-state index contributed by atoms with van der Waals surface area (Å²) in [6, 6.07) is 9.44. The molecule has 0 N–H and O–H groups in total. The van der Waals surface area contributed by atoms with Crippen molar-refractivity contribution in [3.05, 3.63) is 61.5 Å². The number of alkyl halides is 1. The molecule has 2 aromatic carbocycles. The molecule has 0 unspecified atom stereocenters. The summed E-state index contributed by atoms with van der Waals surface area (Å²) in [5.41, 5.74) is 2.81.